The molecule has 190 valence electrons. The van der Waals surface area contributed by atoms with Gasteiger partial charge in [-0.2, -0.15) is 0 Å². The summed E-state index contributed by atoms with van der Waals surface area (Å²) in [5.74, 6) is 1.53. The SMILES string of the molecule is CCOCCCN(CC(=O)N(Cc1ccc2c(c1)OCO2)Cc1ccco1)C(=O)c1ccc(Cl)cc1. The summed E-state index contributed by atoms with van der Waals surface area (Å²) < 4.78 is 21.8. The average Bonchev–Trinajstić information content (AvgIpc) is 3.57. The summed E-state index contributed by atoms with van der Waals surface area (Å²) in [7, 11) is 0. The van der Waals surface area contributed by atoms with Gasteiger partial charge in [-0.15, -0.1) is 0 Å². The minimum Gasteiger partial charge on any atom is -0.467 e. The van der Waals surface area contributed by atoms with E-state index in [9.17, 15) is 9.59 Å². The molecule has 1 aromatic heterocycles. The van der Waals surface area contributed by atoms with Crippen LogP contribution in [0.2, 0.25) is 5.02 Å². The maximum Gasteiger partial charge on any atom is 0.254 e. The molecule has 2 amide bonds. The number of ether oxygens (including phenoxy) is 3. The fourth-order valence-corrected chi connectivity index (χ4v) is 4.00. The molecule has 3 aromatic rings. The third-order valence-corrected chi connectivity index (χ3v) is 5.97. The zero-order valence-electron chi connectivity index (χ0n) is 20.2. The van der Waals surface area contributed by atoms with Gasteiger partial charge in [-0.1, -0.05) is 17.7 Å². The number of hydrogen-bond acceptors (Lipinski definition) is 6. The van der Waals surface area contributed by atoms with E-state index >= 15 is 0 Å². The van der Waals surface area contributed by atoms with E-state index in [4.69, 9.17) is 30.2 Å². The first-order chi connectivity index (χ1) is 17.5. The third kappa shape index (κ3) is 6.80. The molecular weight excluding hydrogens is 484 g/mol. The standard InChI is InChI=1S/C27H29ClN2O6/c1-2-33-13-4-12-29(27(32)21-7-9-22(28)10-8-21)18-26(31)30(17-23-5-3-14-34-23)16-20-6-11-24-25(15-20)36-19-35-24/h3,5-11,14-15H,2,4,12-13,16-19H2,1H3. The van der Waals surface area contributed by atoms with Crippen molar-refractivity contribution >= 4 is 23.4 Å². The van der Waals surface area contributed by atoms with Crippen LogP contribution in [-0.4, -0.2) is 54.7 Å². The summed E-state index contributed by atoms with van der Waals surface area (Å²) in [4.78, 5) is 30.1. The quantitative estimate of drug-likeness (QED) is 0.325. The Balaban J connectivity index is 1.51. The van der Waals surface area contributed by atoms with Gasteiger partial charge in [0.05, 0.1) is 12.8 Å². The molecule has 0 aliphatic carbocycles. The van der Waals surface area contributed by atoms with Gasteiger partial charge in [0, 0.05) is 36.9 Å². The summed E-state index contributed by atoms with van der Waals surface area (Å²) in [5.41, 5.74) is 1.35. The highest BCUT2D eigenvalue weighted by Crippen LogP contribution is 2.33. The molecule has 2 aromatic carbocycles. The van der Waals surface area contributed by atoms with Crippen LogP contribution in [0.5, 0.6) is 11.5 Å². The Hall–Kier alpha value is -3.49. The van der Waals surface area contributed by atoms with Crippen molar-refractivity contribution < 1.29 is 28.2 Å². The highest BCUT2D eigenvalue weighted by atomic mass is 35.5. The molecule has 0 bridgehead atoms. The summed E-state index contributed by atoms with van der Waals surface area (Å²) in [6, 6.07) is 15.8. The maximum atomic E-state index is 13.6. The molecule has 0 atom stereocenters. The highest BCUT2D eigenvalue weighted by Gasteiger charge is 2.24. The van der Waals surface area contributed by atoms with Crippen molar-refractivity contribution in [3.8, 4) is 11.5 Å². The van der Waals surface area contributed by atoms with Gasteiger partial charge >= 0.3 is 0 Å². The smallest absolute Gasteiger partial charge is 0.254 e. The molecule has 0 unspecified atom stereocenters. The lowest BCUT2D eigenvalue weighted by Gasteiger charge is -2.27. The molecule has 4 rings (SSSR count). The normalized spacial score (nSPS) is 11.9. The molecule has 0 spiro atoms. The zero-order chi connectivity index (χ0) is 25.3. The molecule has 0 saturated carbocycles. The lowest BCUT2D eigenvalue weighted by molar-refractivity contribution is -0.133. The molecule has 1 aliphatic heterocycles. The van der Waals surface area contributed by atoms with Gasteiger partial charge in [0.2, 0.25) is 12.7 Å². The Labute approximate surface area is 215 Å². The van der Waals surface area contributed by atoms with E-state index in [0.29, 0.717) is 60.6 Å². The summed E-state index contributed by atoms with van der Waals surface area (Å²) in [5, 5.41) is 0.541. The summed E-state index contributed by atoms with van der Waals surface area (Å²) in [6.45, 7) is 4.07. The number of benzene rings is 2. The Bertz CT molecular complexity index is 1150. The fraction of sp³-hybridized carbons (Fsp3) is 0.333. The van der Waals surface area contributed by atoms with Gasteiger partial charge in [-0.25, -0.2) is 0 Å². The van der Waals surface area contributed by atoms with Crippen LogP contribution >= 0.6 is 11.6 Å². The van der Waals surface area contributed by atoms with E-state index in [1.54, 1.807) is 46.4 Å². The Morgan fingerprint density at radius 3 is 2.56 bits per heavy atom. The van der Waals surface area contributed by atoms with Crippen LogP contribution in [0.15, 0.2) is 65.3 Å². The minimum absolute atomic E-state index is 0.0845. The van der Waals surface area contributed by atoms with E-state index < -0.39 is 0 Å². The topological polar surface area (TPSA) is 81.5 Å². The van der Waals surface area contributed by atoms with Crippen LogP contribution in [0.1, 0.15) is 35.0 Å². The lowest BCUT2D eigenvalue weighted by atomic mass is 10.1. The van der Waals surface area contributed by atoms with E-state index in [0.717, 1.165) is 5.56 Å². The molecule has 2 heterocycles. The molecule has 8 nitrogen and oxygen atoms in total. The van der Waals surface area contributed by atoms with Crippen LogP contribution in [0.4, 0.5) is 0 Å². The van der Waals surface area contributed by atoms with Crippen molar-refractivity contribution in [1.29, 1.82) is 0 Å². The second-order valence-corrected chi connectivity index (χ2v) is 8.74. The Kier molecular flexibility index (Phi) is 8.86. The highest BCUT2D eigenvalue weighted by molar-refractivity contribution is 6.30. The largest absolute Gasteiger partial charge is 0.467 e. The predicted molar refractivity (Wildman–Crippen MR) is 134 cm³/mol. The minimum atomic E-state index is -0.238. The zero-order valence-corrected chi connectivity index (χ0v) is 20.9. The van der Waals surface area contributed by atoms with Crippen molar-refractivity contribution in [3.05, 3.63) is 82.8 Å². The van der Waals surface area contributed by atoms with Crippen LogP contribution in [-0.2, 0) is 22.6 Å². The first kappa shape index (κ1) is 25.6. The fourth-order valence-electron chi connectivity index (χ4n) is 3.88. The molecule has 1 aliphatic rings. The Morgan fingerprint density at radius 1 is 1.00 bits per heavy atom. The van der Waals surface area contributed by atoms with E-state index in [1.807, 2.05) is 31.2 Å². The number of hydrogen-bond donors (Lipinski definition) is 0. The van der Waals surface area contributed by atoms with Gasteiger partial charge in [-0.3, -0.25) is 9.59 Å². The van der Waals surface area contributed by atoms with Crippen LogP contribution in [0, 0.1) is 0 Å². The van der Waals surface area contributed by atoms with E-state index in [1.165, 1.54) is 0 Å². The number of halogens is 1. The number of amides is 2. The number of carbonyl (C=O) groups is 2. The number of fused-ring (bicyclic) bond motifs is 1. The molecule has 0 saturated heterocycles. The van der Waals surface area contributed by atoms with Crippen LogP contribution < -0.4 is 9.47 Å². The number of carbonyl (C=O) groups excluding carboxylic acids is 2. The number of furan rings is 1. The third-order valence-electron chi connectivity index (χ3n) is 5.72. The molecular formula is C27H29ClN2O6. The number of rotatable bonds is 12. The van der Waals surface area contributed by atoms with Crippen molar-refractivity contribution in [1.82, 2.24) is 9.80 Å². The molecule has 36 heavy (non-hydrogen) atoms. The second-order valence-electron chi connectivity index (χ2n) is 8.30. The molecule has 0 N–H and O–H groups in total. The second kappa shape index (κ2) is 12.5. The monoisotopic (exact) mass is 512 g/mol. The van der Waals surface area contributed by atoms with Gasteiger partial charge < -0.3 is 28.4 Å². The van der Waals surface area contributed by atoms with Gasteiger partial charge in [0.15, 0.2) is 11.5 Å². The lowest BCUT2D eigenvalue weighted by Crippen LogP contribution is -2.43. The van der Waals surface area contributed by atoms with E-state index in [2.05, 4.69) is 0 Å². The van der Waals surface area contributed by atoms with Crippen molar-refractivity contribution in [2.45, 2.75) is 26.4 Å². The first-order valence-electron chi connectivity index (χ1n) is 11.8. The molecule has 9 heteroatoms. The summed E-state index contributed by atoms with van der Waals surface area (Å²) in [6.07, 6.45) is 2.18. The van der Waals surface area contributed by atoms with Crippen LogP contribution in [0.25, 0.3) is 0 Å². The van der Waals surface area contributed by atoms with Crippen molar-refractivity contribution in [2.24, 2.45) is 0 Å². The van der Waals surface area contributed by atoms with Gasteiger partial charge in [-0.05, 0) is 67.4 Å². The Morgan fingerprint density at radius 2 is 1.81 bits per heavy atom. The van der Waals surface area contributed by atoms with Crippen molar-refractivity contribution in [3.63, 3.8) is 0 Å². The van der Waals surface area contributed by atoms with Gasteiger partial charge in [0.25, 0.3) is 5.91 Å². The van der Waals surface area contributed by atoms with Gasteiger partial charge in [0.1, 0.15) is 12.3 Å². The first-order valence-corrected chi connectivity index (χ1v) is 12.2. The average molecular weight is 513 g/mol. The number of nitrogens with zero attached hydrogens (tertiary/aromatic N) is 2. The van der Waals surface area contributed by atoms with E-state index in [-0.39, 0.29) is 31.7 Å². The molecule has 0 fully saturated rings. The predicted octanol–water partition coefficient (Wildman–Crippen LogP) is 4.76. The van der Waals surface area contributed by atoms with Crippen molar-refractivity contribution in [2.75, 3.05) is 33.1 Å². The molecule has 0 radical (unpaired) electrons. The van der Waals surface area contributed by atoms with Crippen LogP contribution in [0.3, 0.4) is 0 Å². The maximum absolute atomic E-state index is 13.6. The summed E-state index contributed by atoms with van der Waals surface area (Å²) >= 11 is 5.99.